The summed E-state index contributed by atoms with van der Waals surface area (Å²) in [6, 6.07) is 11.7. The fourth-order valence-electron chi connectivity index (χ4n) is 2.86. The van der Waals surface area contributed by atoms with E-state index in [-0.39, 0.29) is 23.0 Å². The largest absolute Gasteiger partial charge is 0.507 e. The number of rotatable bonds is 4. The van der Waals surface area contributed by atoms with Gasteiger partial charge in [-0.25, -0.2) is 18.4 Å². The number of H-pyrrole nitrogens is 2. The van der Waals surface area contributed by atoms with Gasteiger partial charge >= 0.3 is 5.69 Å². The predicted octanol–water partition coefficient (Wildman–Crippen LogP) is 0.598. The molecule has 0 spiro atoms. The molecule has 0 saturated carbocycles. The Morgan fingerprint density at radius 1 is 1.07 bits per heavy atom. The lowest BCUT2D eigenvalue weighted by molar-refractivity contribution is 0.477. The van der Waals surface area contributed by atoms with Gasteiger partial charge in [-0.2, -0.15) is 0 Å². The maximum Gasteiger partial charge on any atom is 0.323 e. The summed E-state index contributed by atoms with van der Waals surface area (Å²) in [5.74, 6) is -0.370. The van der Waals surface area contributed by atoms with Crippen LogP contribution in [-0.4, -0.2) is 38.3 Å². The van der Waals surface area contributed by atoms with Crippen LogP contribution < -0.4 is 10.8 Å². The summed E-state index contributed by atoms with van der Waals surface area (Å²) in [6.07, 6.45) is 0. The average Bonchev–Trinajstić information content (AvgIpc) is 3.15. The predicted molar refractivity (Wildman–Crippen MR) is 97.7 cm³/mol. The molecule has 4 rings (SSSR count). The lowest BCUT2D eigenvalue weighted by Crippen LogP contribution is -2.17. The van der Waals surface area contributed by atoms with E-state index in [9.17, 15) is 18.3 Å². The van der Waals surface area contributed by atoms with Gasteiger partial charge in [0.2, 0.25) is 10.0 Å². The molecule has 0 fully saturated rings. The molecule has 27 heavy (non-hydrogen) atoms. The smallest absolute Gasteiger partial charge is 0.323 e. The molecule has 0 saturated heterocycles. The molecule has 0 unspecified atom stereocenters. The molecule has 138 valence electrons. The zero-order valence-electron chi connectivity index (χ0n) is 13.7. The minimum Gasteiger partial charge on any atom is -0.507 e. The Bertz CT molecular complexity index is 1300. The molecule has 0 atom stereocenters. The summed E-state index contributed by atoms with van der Waals surface area (Å²) < 4.78 is 24.7. The van der Waals surface area contributed by atoms with E-state index in [0.29, 0.717) is 16.7 Å². The van der Waals surface area contributed by atoms with E-state index in [1.807, 2.05) is 0 Å². The summed E-state index contributed by atoms with van der Waals surface area (Å²) in [4.78, 5) is 16.6. The number of nitrogens with one attached hydrogen (secondary N) is 2. The number of para-hydroxylation sites is 1. The van der Waals surface area contributed by atoms with Crippen LogP contribution in [0.4, 0.5) is 0 Å². The number of aromatic nitrogens is 5. The number of benzene rings is 2. The number of imidazole rings is 1. The van der Waals surface area contributed by atoms with Crippen molar-refractivity contribution in [2.75, 3.05) is 0 Å². The van der Waals surface area contributed by atoms with Gasteiger partial charge in [-0.15, -0.1) is 10.2 Å². The number of fused-ring (bicyclic) bond motifs is 1. The number of sulfonamides is 1. The second kappa shape index (κ2) is 6.07. The molecule has 11 heteroatoms. The summed E-state index contributed by atoms with van der Waals surface area (Å²) in [7, 11) is -3.86. The third-order valence-electron chi connectivity index (χ3n) is 3.95. The van der Waals surface area contributed by atoms with Crippen LogP contribution in [0.15, 0.2) is 47.3 Å². The van der Waals surface area contributed by atoms with Crippen LogP contribution in [0.25, 0.3) is 28.1 Å². The maximum atomic E-state index is 11.6. The topological polar surface area (TPSA) is 160 Å². The standard InChI is InChI=1S/C16H14N6O4S/c17-27(25,26)8-14-20-21-15(22(14)9-4-2-1-3-5-9)10-6-11-12(7-13(10)23)19-16(24)18-11/h1-7,23H,8H2,(H2,17,25,26)(H2,18,19,24). The van der Waals surface area contributed by atoms with Gasteiger partial charge < -0.3 is 15.1 Å². The molecule has 0 bridgehead atoms. The number of nitrogens with zero attached hydrogens (tertiary/aromatic N) is 3. The first-order chi connectivity index (χ1) is 12.8. The van der Waals surface area contributed by atoms with Gasteiger partial charge in [-0.1, -0.05) is 18.2 Å². The third-order valence-corrected chi connectivity index (χ3v) is 4.61. The van der Waals surface area contributed by atoms with Crippen LogP contribution in [-0.2, 0) is 15.8 Å². The van der Waals surface area contributed by atoms with E-state index in [2.05, 4.69) is 20.2 Å². The summed E-state index contributed by atoms with van der Waals surface area (Å²) >= 11 is 0. The second-order valence-electron chi connectivity index (χ2n) is 5.91. The van der Waals surface area contributed by atoms with Crippen molar-refractivity contribution in [3.05, 3.63) is 58.8 Å². The van der Waals surface area contributed by atoms with Gasteiger partial charge in [0.05, 0.1) is 16.6 Å². The Hall–Kier alpha value is -3.44. The Labute approximate surface area is 152 Å². The lowest BCUT2D eigenvalue weighted by Gasteiger charge is -2.11. The highest BCUT2D eigenvalue weighted by Crippen LogP contribution is 2.33. The molecule has 0 aliphatic carbocycles. The normalized spacial score (nSPS) is 11.9. The van der Waals surface area contributed by atoms with E-state index < -0.39 is 21.5 Å². The molecule has 5 N–H and O–H groups in total. The van der Waals surface area contributed by atoms with E-state index >= 15 is 0 Å². The van der Waals surface area contributed by atoms with Crippen molar-refractivity contribution >= 4 is 21.1 Å². The number of primary sulfonamides is 1. The number of aromatic amines is 2. The van der Waals surface area contributed by atoms with Gasteiger partial charge in [0.15, 0.2) is 11.6 Å². The van der Waals surface area contributed by atoms with Crippen LogP contribution in [0.3, 0.4) is 0 Å². The second-order valence-corrected chi connectivity index (χ2v) is 7.53. The highest BCUT2D eigenvalue weighted by molar-refractivity contribution is 7.88. The van der Waals surface area contributed by atoms with Crippen LogP contribution in [0, 0.1) is 0 Å². The molecule has 0 aliphatic rings. The van der Waals surface area contributed by atoms with E-state index in [1.165, 1.54) is 16.7 Å². The molecule has 0 aliphatic heterocycles. The van der Waals surface area contributed by atoms with Crippen molar-refractivity contribution in [3.63, 3.8) is 0 Å². The number of nitrogens with two attached hydrogens (primary N) is 1. The monoisotopic (exact) mass is 386 g/mol. The fourth-order valence-corrected chi connectivity index (χ4v) is 3.41. The van der Waals surface area contributed by atoms with Gasteiger partial charge in [0.25, 0.3) is 0 Å². The van der Waals surface area contributed by atoms with Crippen molar-refractivity contribution in [2.24, 2.45) is 5.14 Å². The SMILES string of the molecule is NS(=O)(=O)Cc1nnc(-c2cc3[nH]c(=O)[nH]c3cc2O)n1-c1ccccc1. The van der Waals surface area contributed by atoms with Gasteiger partial charge in [0.1, 0.15) is 11.5 Å². The lowest BCUT2D eigenvalue weighted by atomic mass is 10.1. The zero-order valence-corrected chi connectivity index (χ0v) is 14.6. The molecule has 0 radical (unpaired) electrons. The maximum absolute atomic E-state index is 11.6. The number of phenols is 1. The molecular formula is C16H14N6O4S. The van der Waals surface area contributed by atoms with Crippen LogP contribution in [0.5, 0.6) is 5.75 Å². The zero-order chi connectivity index (χ0) is 19.2. The molecule has 2 aromatic carbocycles. The van der Waals surface area contributed by atoms with Gasteiger partial charge in [-0.3, -0.25) is 4.57 Å². The minimum absolute atomic E-state index is 0.0979. The van der Waals surface area contributed by atoms with Crippen LogP contribution in [0.1, 0.15) is 5.82 Å². The number of hydrogen-bond donors (Lipinski definition) is 4. The summed E-state index contributed by atoms with van der Waals surface area (Å²) in [5, 5.41) is 23.6. The van der Waals surface area contributed by atoms with Crippen molar-refractivity contribution in [1.29, 1.82) is 0 Å². The quantitative estimate of drug-likeness (QED) is 0.402. The first kappa shape index (κ1) is 17.0. The van der Waals surface area contributed by atoms with Crippen molar-refractivity contribution in [3.8, 4) is 22.8 Å². The highest BCUT2D eigenvalue weighted by Gasteiger charge is 2.21. The first-order valence-electron chi connectivity index (χ1n) is 7.77. The average molecular weight is 386 g/mol. The third kappa shape index (κ3) is 3.20. The van der Waals surface area contributed by atoms with Crippen molar-refractivity contribution < 1.29 is 13.5 Å². The Morgan fingerprint density at radius 3 is 2.41 bits per heavy atom. The number of hydrogen-bond acceptors (Lipinski definition) is 6. The molecule has 0 amide bonds. The molecule has 2 heterocycles. The molecule has 10 nitrogen and oxygen atoms in total. The van der Waals surface area contributed by atoms with Gasteiger partial charge in [-0.05, 0) is 18.2 Å². The van der Waals surface area contributed by atoms with Crippen molar-refractivity contribution in [2.45, 2.75) is 5.75 Å². The number of phenolic OH excluding ortho intramolecular Hbond substituents is 1. The van der Waals surface area contributed by atoms with Crippen molar-refractivity contribution in [1.82, 2.24) is 24.7 Å². The fraction of sp³-hybridized carbons (Fsp3) is 0.0625. The van der Waals surface area contributed by atoms with E-state index in [0.717, 1.165) is 0 Å². The Balaban J connectivity index is 1.98. The molecule has 4 aromatic rings. The molecular weight excluding hydrogens is 372 g/mol. The van der Waals surface area contributed by atoms with E-state index in [4.69, 9.17) is 5.14 Å². The highest BCUT2D eigenvalue weighted by atomic mass is 32.2. The van der Waals surface area contributed by atoms with Crippen LogP contribution in [0.2, 0.25) is 0 Å². The summed E-state index contributed by atoms with van der Waals surface area (Å²) in [6.45, 7) is 0. The van der Waals surface area contributed by atoms with E-state index in [1.54, 1.807) is 30.3 Å². The summed E-state index contributed by atoms with van der Waals surface area (Å²) in [5.41, 5.74) is 1.34. The Kier molecular flexibility index (Phi) is 3.82. The number of aromatic hydroxyl groups is 1. The first-order valence-corrected chi connectivity index (χ1v) is 9.49. The van der Waals surface area contributed by atoms with Gasteiger partial charge in [0, 0.05) is 11.8 Å². The minimum atomic E-state index is -3.86. The Morgan fingerprint density at radius 2 is 1.74 bits per heavy atom. The molecule has 2 aromatic heterocycles. The van der Waals surface area contributed by atoms with Crippen LogP contribution >= 0.6 is 0 Å².